The highest BCUT2D eigenvalue weighted by Crippen LogP contribution is 2.59. The van der Waals surface area contributed by atoms with Crippen molar-refractivity contribution in [3.8, 4) is 0 Å². The molecule has 7 nitrogen and oxygen atoms in total. The molecule has 3 rings (SSSR count). The average Bonchev–Trinajstić information content (AvgIpc) is 3.19. The number of aliphatic imine (C=N–C) groups is 1. The monoisotopic (exact) mass is 381 g/mol. The number of rotatable bonds is 2. The minimum atomic E-state index is -0.857. The van der Waals surface area contributed by atoms with Gasteiger partial charge in [-0.05, 0) is 45.6 Å². The first kappa shape index (κ1) is 18.6. The quantitative estimate of drug-likeness (QED) is 0.618. The van der Waals surface area contributed by atoms with Crippen LogP contribution in [0.2, 0.25) is 0 Å². The number of carbonyl (C=O) groups is 1. The molecule has 0 saturated heterocycles. The Kier molecular flexibility index (Phi) is 4.68. The van der Waals surface area contributed by atoms with Crippen molar-refractivity contribution in [1.29, 1.82) is 0 Å². The zero-order chi connectivity index (χ0) is 19.1. The van der Waals surface area contributed by atoms with Gasteiger partial charge < -0.3 is 4.74 Å². The Morgan fingerprint density at radius 1 is 1.50 bits per heavy atom. The second kappa shape index (κ2) is 6.53. The number of benzene rings is 1. The molecule has 0 aromatic heterocycles. The van der Waals surface area contributed by atoms with Gasteiger partial charge in [-0.1, -0.05) is 11.8 Å². The van der Waals surface area contributed by atoms with E-state index in [1.54, 1.807) is 20.8 Å². The summed E-state index contributed by atoms with van der Waals surface area (Å²) in [5.74, 6) is 0.298. The Labute approximate surface area is 154 Å². The van der Waals surface area contributed by atoms with Crippen molar-refractivity contribution in [1.82, 2.24) is 5.32 Å². The van der Waals surface area contributed by atoms with Gasteiger partial charge in [0.25, 0.3) is 5.69 Å². The number of halogens is 1. The van der Waals surface area contributed by atoms with Crippen LogP contribution in [0.15, 0.2) is 23.2 Å². The minimum absolute atomic E-state index is 0.101. The summed E-state index contributed by atoms with van der Waals surface area (Å²) in [6.45, 7) is 5.27. The predicted molar refractivity (Wildman–Crippen MR) is 96.7 cm³/mol. The number of nitrogens with zero attached hydrogens (tertiary/aromatic N) is 2. The fourth-order valence-electron chi connectivity index (χ4n) is 3.11. The number of thioether (sulfide) groups is 1. The summed E-state index contributed by atoms with van der Waals surface area (Å²) in [5, 5.41) is 14.0. The van der Waals surface area contributed by atoms with Crippen molar-refractivity contribution < 1.29 is 18.8 Å². The molecule has 2 aliphatic rings. The fraction of sp³-hybridized carbons (Fsp3) is 0.529. The van der Waals surface area contributed by atoms with Crippen LogP contribution >= 0.6 is 11.8 Å². The van der Waals surface area contributed by atoms with Gasteiger partial charge in [0, 0.05) is 23.4 Å². The smallest absolute Gasteiger partial charge is 0.413 e. The number of non-ortho nitro benzene ring substituents is 1. The van der Waals surface area contributed by atoms with Crippen molar-refractivity contribution in [2.45, 2.75) is 44.8 Å². The number of carbonyl (C=O) groups excluding carboxylic acids is 1. The maximum absolute atomic E-state index is 14.4. The lowest BCUT2D eigenvalue weighted by Crippen LogP contribution is -2.35. The first-order valence-corrected chi connectivity index (χ1v) is 9.26. The molecule has 140 valence electrons. The molecule has 0 bridgehead atoms. The Morgan fingerprint density at radius 3 is 2.88 bits per heavy atom. The van der Waals surface area contributed by atoms with Crippen LogP contribution < -0.4 is 5.32 Å². The molecule has 1 amide bonds. The van der Waals surface area contributed by atoms with Gasteiger partial charge in [-0.15, -0.1) is 0 Å². The molecule has 1 aromatic rings. The Balaban J connectivity index is 1.90. The molecular formula is C17H20FN3O4S. The molecule has 2 atom stereocenters. The number of hydrogen-bond donors (Lipinski definition) is 1. The van der Waals surface area contributed by atoms with Crippen molar-refractivity contribution in [2.24, 2.45) is 10.9 Å². The first-order valence-electron chi connectivity index (χ1n) is 8.28. The number of nitro benzene ring substituents is 1. The first-order chi connectivity index (χ1) is 12.1. The highest BCUT2D eigenvalue weighted by atomic mass is 32.2. The van der Waals surface area contributed by atoms with E-state index in [1.807, 2.05) is 0 Å². The molecule has 1 fully saturated rings. The minimum Gasteiger partial charge on any atom is -0.444 e. The summed E-state index contributed by atoms with van der Waals surface area (Å²) < 4.78 is 19.7. The normalized spacial score (nSPS) is 24.8. The third kappa shape index (κ3) is 3.82. The van der Waals surface area contributed by atoms with E-state index in [0.29, 0.717) is 11.6 Å². The third-order valence-corrected chi connectivity index (χ3v) is 5.22. The van der Waals surface area contributed by atoms with Gasteiger partial charge in [0.1, 0.15) is 11.4 Å². The number of nitro groups is 1. The molecule has 0 radical (unpaired) electrons. The SMILES string of the molecule is CC(C)(C)OC(=O)NC1=N[C@]2(c3cc([N+](=O)[O-])ccc3F)C[C@@H]2CCS1. The number of ether oxygens (including phenoxy) is 1. The number of fused-ring (bicyclic) bond motifs is 1. The Morgan fingerprint density at radius 2 is 2.23 bits per heavy atom. The van der Waals surface area contributed by atoms with E-state index in [4.69, 9.17) is 4.74 Å². The molecule has 1 aliphatic carbocycles. The lowest BCUT2D eigenvalue weighted by atomic mass is 10.0. The van der Waals surface area contributed by atoms with E-state index in [9.17, 15) is 19.3 Å². The van der Waals surface area contributed by atoms with Crippen molar-refractivity contribution in [3.63, 3.8) is 0 Å². The van der Waals surface area contributed by atoms with Crippen LogP contribution in [0, 0.1) is 21.8 Å². The highest BCUT2D eigenvalue weighted by Gasteiger charge is 2.58. The Hall–Kier alpha value is -2.16. The topological polar surface area (TPSA) is 93.8 Å². The molecular weight excluding hydrogens is 361 g/mol. The molecule has 1 heterocycles. The van der Waals surface area contributed by atoms with Crippen LogP contribution in [0.3, 0.4) is 0 Å². The maximum Gasteiger partial charge on any atom is 0.413 e. The van der Waals surface area contributed by atoms with Crippen LogP contribution in [0.5, 0.6) is 0 Å². The fourth-order valence-corrected chi connectivity index (χ4v) is 4.09. The second-order valence-corrected chi connectivity index (χ2v) is 8.51. The molecule has 1 aromatic carbocycles. The average molecular weight is 381 g/mol. The third-order valence-electron chi connectivity index (χ3n) is 4.31. The van der Waals surface area contributed by atoms with Gasteiger partial charge in [-0.3, -0.25) is 20.4 Å². The van der Waals surface area contributed by atoms with Crippen LogP contribution in [-0.2, 0) is 10.3 Å². The molecule has 1 saturated carbocycles. The zero-order valence-corrected chi connectivity index (χ0v) is 15.6. The molecule has 1 aliphatic heterocycles. The lowest BCUT2D eigenvalue weighted by Gasteiger charge is -2.20. The summed E-state index contributed by atoms with van der Waals surface area (Å²) >= 11 is 1.36. The summed E-state index contributed by atoms with van der Waals surface area (Å²) in [6.07, 6.45) is 0.763. The van der Waals surface area contributed by atoms with Gasteiger partial charge in [0.2, 0.25) is 0 Å². The summed E-state index contributed by atoms with van der Waals surface area (Å²) in [5.41, 5.74) is -1.46. The standard InChI is InChI=1S/C17H20FN3O4S/c1-16(2,3)25-15(22)19-14-20-17(9-10(17)6-7-26-14)12-8-11(21(23)24)4-5-13(12)18/h4-5,8,10H,6-7,9H2,1-3H3,(H,19,20,22)/t10-,17+/m0/s1. The number of hydrogen-bond acceptors (Lipinski definition) is 6. The van der Waals surface area contributed by atoms with Crippen LogP contribution in [0.25, 0.3) is 0 Å². The largest absolute Gasteiger partial charge is 0.444 e. The predicted octanol–water partition coefficient (Wildman–Crippen LogP) is 3.97. The van der Waals surface area contributed by atoms with Crippen molar-refractivity contribution in [2.75, 3.05) is 5.75 Å². The zero-order valence-electron chi connectivity index (χ0n) is 14.7. The number of amidine groups is 1. The lowest BCUT2D eigenvalue weighted by molar-refractivity contribution is -0.385. The van der Waals surface area contributed by atoms with E-state index >= 15 is 0 Å². The van der Waals surface area contributed by atoms with Gasteiger partial charge in [0.15, 0.2) is 5.17 Å². The van der Waals surface area contributed by atoms with Crippen LogP contribution in [0.4, 0.5) is 14.9 Å². The summed E-state index contributed by atoms with van der Waals surface area (Å²) in [4.78, 5) is 27.1. The Bertz CT molecular complexity index is 793. The van der Waals surface area contributed by atoms with Crippen LogP contribution in [-0.4, -0.2) is 27.5 Å². The number of nitrogens with one attached hydrogen (secondary N) is 1. The van der Waals surface area contributed by atoms with E-state index in [1.165, 1.54) is 17.8 Å². The van der Waals surface area contributed by atoms with Gasteiger partial charge in [-0.2, -0.15) is 0 Å². The number of amides is 1. The van der Waals surface area contributed by atoms with E-state index in [-0.39, 0.29) is 17.2 Å². The molecule has 0 spiro atoms. The van der Waals surface area contributed by atoms with E-state index in [2.05, 4.69) is 10.3 Å². The van der Waals surface area contributed by atoms with Crippen LogP contribution in [0.1, 0.15) is 39.2 Å². The van der Waals surface area contributed by atoms with Crippen molar-refractivity contribution >= 4 is 28.7 Å². The van der Waals surface area contributed by atoms with Gasteiger partial charge >= 0.3 is 6.09 Å². The van der Waals surface area contributed by atoms with Gasteiger partial charge in [0.05, 0.1) is 10.5 Å². The van der Waals surface area contributed by atoms with Gasteiger partial charge in [-0.25, -0.2) is 9.18 Å². The van der Waals surface area contributed by atoms with E-state index < -0.39 is 28.0 Å². The maximum atomic E-state index is 14.4. The molecule has 9 heteroatoms. The molecule has 26 heavy (non-hydrogen) atoms. The molecule has 0 unspecified atom stereocenters. The molecule has 1 N–H and O–H groups in total. The number of alkyl carbamates (subject to hydrolysis) is 1. The van der Waals surface area contributed by atoms with E-state index in [0.717, 1.165) is 24.3 Å². The summed E-state index contributed by atoms with van der Waals surface area (Å²) in [6, 6.07) is 3.49. The van der Waals surface area contributed by atoms with Crippen molar-refractivity contribution in [3.05, 3.63) is 39.7 Å². The second-order valence-electron chi connectivity index (χ2n) is 7.43. The summed E-state index contributed by atoms with van der Waals surface area (Å²) in [7, 11) is 0. The highest BCUT2D eigenvalue weighted by molar-refractivity contribution is 8.13.